The molecule has 0 bridgehead atoms. The van der Waals surface area contributed by atoms with Crippen LogP contribution in [-0.4, -0.2) is 51.2 Å². The first-order chi connectivity index (χ1) is 15.0. The molecule has 0 spiro atoms. The highest BCUT2D eigenvalue weighted by Crippen LogP contribution is 2.37. The van der Waals surface area contributed by atoms with Crippen molar-refractivity contribution < 1.29 is 9.16 Å². The predicted molar refractivity (Wildman–Crippen MR) is 129 cm³/mol. The Morgan fingerprint density at radius 3 is 2.59 bits per heavy atom. The summed E-state index contributed by atoms with van der Waals surface area (Å²) in [5, 5.41) is 8.27. The van der Waals surface area contributed by atoms with Gasteiger partial charge in [-0.05, 0) is 43.6 Å². The molecular formula is C21H32ClN7O2Si. The van der Waals surface area contributed by atoms with E-state index in [9.17, 15) is 0 Å². The van der Waals surface area contributed by atoms with Gasteiger partial charge in [-0.2, -0.15) is 10.1 Å². The van der Waals surface area contributed by atoms with E-state index in [2.05, 4.69) is 59.1 Å². The van der Waals surface area contributed by atoms with Crippen LogP contribution in [0.3, 0.4) is 0 Å². The van der Waals surface area contributed by atoms with Crippen LogP contribution in [0.25, 0.3) is 11.0 Å². The van der Waals surface area contributed by atoms with E-state index < -0.39 is 8.32 Å². The van der Waals surface area contributed by atoms with Gasteiger partial charge in [0, 0.05) is 18.4 Å². The number of nitrogens with one attached hydrogen (secondary N) is 1. The number of rotatable bonds is 9. The Kier molecular flexibility index (Phi) is 7.49. The van der Waals surface area contributed by atoms with E-state index in [0.29, 0.717) is 43.5 Å². The van der Waals surface area contributed by atoms with E-state index in [1.807, 2.05) is 24.6 Å². The maximum Gasteiger partial charge on any atom is 0.225 e. The number of halogens is 1. The highest BCUT2D eigenvalue weighted by atomic mass is 35.5. The molecule has 0 fully saturated rings. The first kappa shape index (κ1) is 24.5. The van der Waals surface area contributed by atoms with Crippen LogP contribution in [0.4, 0.5) is 11.6 Å². The average Bonchev–Trinajstić information content (AvgIpc) is 3.03. The monoisotopic (exact) mass is 477 g/mol. The third kappa shape index (κ3) is 5.61. The maximum absolute atomic E-state index is 6.43. The van der Waals surface area contributed by atoms with Gasteiger partial charge in [0.25, 0.3) is 0 Å². The second-order valence-electron chi connectivity index (χ2n) is 9.12. The van der Waals surface area contributed by atoms with Crippen molar-refractivity contribution in [1.82, 2.24) is 29.7 Å². The van der Waals surface area contributed by atoms with Crippen molar-refractivity contribution in [3.05, 3.63) is 29.1 Å². The van der Waals surface area contributed by atoms with Crippen LogP contribution >= 0.6 is 11.6 Å². The molecule has 3 heterocycles. The van der Waals surface area contributed by atoms with Gasteiger partial charge in [0.05, 0.1) is 19.8 Å². The van der Waals surface area contributed by atoms with Crippen molar-refractivity contribution >= 4 is 42.6 Å². The summed E-state index contributed by atoms with van der Waals surface area (Å²) in [6, 6.07) is 1.84. The number of ether oxygens (including phenoxy) is 1. The SMILES string of the molecule is CCOCCn1nc(CO[Si](C)(C)C(C)(C)C)c2nc(Cl)nc(Nc3cc(C)ncn3)c21. The number of hydrogen-bond acceptors (Lipinski definition) is 8. The number of fused-ring (bicyclic) bond motifs is 1. The molecule has 0 saturated carbocycles. The topological polar surface area (TPSA) is 99.9 Å². The molecule has 174 valence electrons. The Morgan fingerprint density at radius 1 is 1.19 bits per heavy atom. The molecule has 3 aromatic rings. The number of aryl methyl sites for hydroxylation is 1. The fraction of sp³-hybridized carbons (Fsp3) is 0.571. The third-order valence-electron chi connectivity index (χ3n) is 5.71. The Balaban J connectivity index is 2.04. The van der Waals surface area contributed by atoms with Gasteiger partial charge in [-0.1, -0.05) is 20.8 Å². The van der Waals surface area contributed by atoms with Crippen LogP contribution in [0.15, 0.2) is 12.4 Å². The molecule has 1 N–H and O–H groups in total. The van der Waals surface area contributed by atoms with Crippen LogP contribution in [0.5, 0.6) is 0 Å². The van der Waals surface area contributed by atoms with E-state index in [1.54, 1.807) is 0 Å². The summed E-state index contributed by atoms with van der Waals surface area (Å²) in [6.07, 6.45) is 1.50. The van der Waals surface area contributed by atoms with Gasteiger partial charge in [-0.3, -0.25) is 4.68 Å². The fourth-order valence-electron chi connectivity index (χ4n) is 2.87. The molecule has 0 aliphatic heterocycles. The highest BCUT2D eigenvalue weighted by Gasteiger charge is 2.37. The van der Waals surface area contributed by atoms with E-state index in [1.165, 1.54) is 6.33 Å². The van der Waals surface area contributed by atoms with Gasteiger partial charge in [-0.15, -0.1) is 0 Å². The summed E-state index contributed by atoms with van der Waals surface area (Å²) in [5.74, 6) is 1.14. The second kappa shape index (κ2) is 9.78. The van der Waals surface area contributed by atoms with E-state index in [0.717, 1.165) is 16.9 Å². The molecule has 32 heavy (non-hydrogen) atoms. The van der Waals surface area contributed by atoms with Crippen molar-refractivity contribution in [2.75, 3.05) is 18.5 Å². The van der Waals surface area contributed by atoms with E-state index in [-0.39, 0.29) is 10.3 Å². The number of aromatic nitrogens is 6. The smallest absolute Gasteiger partial charge is 0.225 e. The average molecular weight is 478 g/mol. The second-order valence-corrected chi connectivity index (χ2v) is 14.3. The molecule has 0 atom stereocenters. The minimum absolute atomic E-state index is 0.0879. The molecule has 0 unspecified atom stereocenters. The van der Waals surface area contributed by atoms with Crippen molar-refractivity contribution in [1.29, 1.82) is 0 Å². The zero-order chi connectivity index (χ0) is 23.5. The Labute approximate surface area is 195 Å². The predicted octanol–water partition coefficient (Wildman–Crippen LogP) is 4.88. The van der Waals surface area contributed by atoms with Gasteiger partial charge in [0.2, 0.25) is 5.28 Å². The van der Waals surface area contributed by atoms with Crippen LogP contribution in [0, 0.1) is 6.92 Å². The minimum Gasteiger partial charge on any atom is -0.411 e. The summed E-state index contributed by atoms with van der Waals surface area (Å²) in [5.41, 5.74) is 2.97. The molecule has 0 aliphatic rings. The van der Waals surface area contributed by atoms with Gasteiger partial charge < -0.3 is 14.5 Å². The van der Waals surface area contributed by atoms with E-state index >= 15 is 0 Å². The number of hydrogen-bond donors (Lipinski definition) is 1. The van der Waals surface area contributed by atoms with Crippen LogP contribution in [0.2, 0.25) is 23.4 Å². The molecule has 0 radical (unpaired) electrons. The lowest BCUT2D eigenvalue weighted by Gasteiger charge is -2.35. The molecule has 0 saturated heterocycles. The summed E-state index contributed by atoms with van der Waals surface area (Å²) in [4.78, 5) is 17.3. The van der Waals surface area contributed by atoms with Crippen molar-refractivity contribution in [3.63, 3.8) is 0 Å². The number of nitrogens with zero attached hydrogens (tertiary/aromatic N) is 6. The summed E-state index contributed by atoms with van der Waals surface area (Å²) >= 11 is 6.30. The quantitative estimate of drug-likeness (QED) is 0.264. The van der Waals surface area contributed by atoms with Gasteiger partial charge in [0.15, 0.2) is 14.1 Å². The molecule has 3 aromatic heterocycles. The maximum atomic E-state index is 6.43. The summed E-state index contributed by atoms with van der Waals surface area (Å²) in [6.45, 7) is 17.0. The minimum atomic E-state index is -1.97. The molecular weight excluding hydrogens is 446 g/mol. The first-order valence-corrected chi connectivity index (χ1v) is 14.0. The first-order valence-electron chi connectivity index (χ1n) is 10.7. The molecule has 11 heteroatoms. The van der Waals surface area contributed by atoms with Crippen LogP contribution in [0.1, 0.15) is 39.1 Å². The Hall–Kier alpha value is -2.14. The lowest BCUT2D eigenvalue weighted by Crippen LogP contribution is -2.40. The summed E-state index contributed by atoms with van der Waals surface area (Å²) < 4.78 is 13.8. The van der Waals surface area contributed by atoms with Crippen molar-refractivity contribution in [3.8, 4) is 0 Å². The lowest BCUT2D eigenvalue weighted by atomic mass is 10.2. The van der Waals surface area contributed by atoms with E-state index in [4.69, 9.17) is 25.9 Å². The molecule has 0 aliphatic carbocycles. The molecule has 9 nitrogen and oxygen atoms in total. The van der Waals surface area contributed by atoms with Gasteiger partial charge in [0.1, 0.15) is 28.9 Å². The van der Waals surface area contributed by atoms with Crippen LogP contribution < -0.4 is 5.32 Å². The van der Waals surface area contributed by atoms with Gasteiger partial charge >= 0.3 is 0 Å². The molecule has 0 aromatic carbocycles. The fourth-order valence-corrected chi connectivity index (χ4v) is 3.97. The lowest BCUT2D eigenvalue weighted by molar-refractivity contribution is 0.137. The normalized spacial score (nSPS) is 12.5. The Morgan fingerprint density at radius 2 is 1.94 bits per heavy atom. The van der Waals surface area contributed by atoms with Crippen LogP contribution in [-0.2, 0) is 22.3 Å². The standard InChI is InChI=1S/C21H32ClN7O2Si/c1-8-30-10-9-29-18-17(15(28-29)12-31-32(6,7)21(3,4)5)26-20(22)27-19(18)25-16-11-14(2)23-13-24-16/h11,13H,8-10,12H2,1-7H3,(H,23,24,25,26,27). The zero-order valence-corrected chi connectivity index (χ0v) is 21.6. The molecule has 0 amide bonds. The largest absolute Gasteiger partial charge is 0.411 e. The summed E-state index contributed by atoms with van der Waals surface area (Å²) in [7, 11) is -1.97. The molecule has 3 rings (SSSR count). The Bertz CT molecular complexity index is 1080. The van der Waals surface area contributed by atoms with Crippen molar-refractivity contribution in [2.45, 2.75) is 65.9 Å². The highest BCUT2D eigenvalue weighted by molar-refractivity contribution is 6.74. The van der Waals surface area contributed by atoms with Gasteiger partial charge in [-0.25, -0.2) is 15.0 Å². The third-order valence-corrected chi connectivity index (χ3v) is 10.4. The zero-order valence-electron chi connectivity index (χ0n) is 19.9. The van der Waals surface area contributed by atoms with Crippen molar-refractivity contribution in [2.24, 2.45) is 0 Å². The number of anilines is 2.